The van der Waals surface area contributed by atoms with Crippen LogP contribution < -0.4 is 4.90 Å². The summed E-state index contributed by atoms with van der Waals surface area (Å²) in [6, 6.07) is 0. The van der Waals surface area contributed by atoms with Crippen LogP contribution in [0.2, 0.25) is 5.15 Å². The standard InChI is InChI=1S/C13H21ClN4/c1-10-11(2)16-13(12(14)15-10)17(3)8-9-18-6-4-5-7-18/h4-9H2,1-3H3. The summed E-state index contributed by atoms with van der Waals surface area (Å²) in [6.45, 7) is 8.36. The van der Waals surface area contributed by atoms with Gasteiger partial charge in [0, 0.05) is 20.1 Å². The number of hydrogen-bond acceptors (Lipinski definition) is 4. The molecule has 0 atom stereocenters. The van der Waals surface area contributed by atoms with Gasteiger partial charge in [0.2, 0.25) is 0 Å². The second-order valence-electron chi connectivity index (χ2n) is 4.98. The maximum Gasteiger partial charge on any atom is 0.171 e. The molecule has 1 aromatic heterocycles. The minimum atomic E-state index is 0.502. The van der Waals surface area contributed by atoms with E-state index in [0.29, 0.717) is 5.15 Å². The average Bonchev–Trinajstić information content (AvgIpc) is 2.84. The number of aromatic nitrogens is 2. The smallest absolute Gasteiger partial charge is 0.171 e. The first-order valence-corrected chi connectivity index (χ1v) is 6.90. The van der Waals surface area contributed by atoms with E-state index >= 15 is 0 Å². The molecule has 0 spiro atoms. The number of anilines is 1. The van der Waals surface area contributed by atoms with Crippen molar-refractivity contribution >= 4 is 17.4 Å². The van der Waals surface area contributed by atoms with Crippen LogP contribution in [0.25, 0.3) is 0 Å². The van der Waals surface area contributed by atoms with E-state index in [1.165, 1.54) is 25.9 Å². The van der Waals surface area contributed by atoms with Gasteiger partial charge in [0.05, 0.1) is 11.4 Å². The zero-order chi connectivity index (χ0) is 13.1. The second-order valence-corrected chi connectivity index (χ2v) is 5.34. The Morgan fingerprint density at radius 3 is 2.44 bits per heavy atom. The fraction of sp³-hybridized carbons (Fsp3) is 0.692. The molecule has 0 saturated carbocycles. The minimum Gasteiger partial charge on any atom is -0.356 e. The fourth-order valence-corrected chi connectivity index (χ4v) is 2.52. The fourth-order valence-electron chi connectivity index (χ4n) is 2.21. The van der Waals surface area contributed by atoms with Gasteiger partial charge in [-0.25, -0.2) is 9.97 Å². The third kappa shape index (κ3) is 3.12. The van der Waals surface area contributed by atoms with Gasteiger partial charge < -0.3 is 9.80 Å². The Bertz CT molecular complexity index is 416. The first kappa shape index (κ1) is 13.6. The van der Waals surface area contributed by atoms with Crippen LogP contribution in [-0.2, 0) is 0 Å². The lowest BCUT2D eigenvalue weighted by Gasteiger charge is -2.23. The first-order valence-electron chi connectivity index (χ1n) is 6.52. The Morgan fingerprint density at radius 1 is 1.17 bits per heavy atom. The predicted octanol–water partition coefficient (Wildman–Crippen LogP) is 2.28. The zero-order valence-corrected chi connectivity index (χ0v) is 12.2. The van der Waals surface area contributed by atoms with Crippen LogP contribution in [0.3, 0.4) is 0 Å². The minimum absolute atomic E-state index is 0.502. The lowest BCUT2D eigenvalue weighted by Crippen LogP contribution is -2.32. The van der Waals surface area contributed by atoms with Crippen molar-refractivity contribution in [1.82, 2.24) is 14.9 Å². The largest absolute Gasteiger partial charge is 0.356 e. The molecule has 0 unspecified atom stereocenters. The van der Waals surface area contributed by atoms with Crippen LogP contribution in [0, 0.1) is 13.8 Å². The number of nitrogens with zero attached hydrogens (tertiary/aromatic N) is 4. The van der Waals surface area contributed by atoms with Gasteiger partial charge in [-0.2, -0.15) is 0 Å². The molecule has 0 aromatic carbocycles. The van der Waals surface area contributed by atoms with Crippen molar-refractivity contribution in [1.29, 1.82) is 0 Å². The highest BCUT2D eigenvalue weighted by atomic mass is 35.5. The van der Waals surface area contributed by atoms with Gasteiger partial charge in [0.25, 0.3) is 0 Å². The number of halogens is 1. The van der Waals surface area contributed by atoms with Crippen molar-refractivity contribution in [2.75, 3.05) is 38.1 Å². The Labute approximate surface area is 114 Å². The number of hydrogen-bond donors (Lipinski definition) is 0. The molecule has 0 radical (unpaired) electrons. The Kier molecular flexibility index (Phi) is 4.40. The zero-order valence-electron chi connectivity index (χ0n) is 11.4. The van der Waals surface area contributed by atoms with Crippen molar-refractivity contribution in [2.45, 2.75) is 26.7 Å². The summed E-state index contributed by atoms with van der Waals surface area (Å²) in [5, 5.41) is 0.502. The van der Waals surface area contributed by atoms with Crippen LogP contribution in [0.5, 0.6) is 0 Å². The van der Waals surface area contributed by atoms with Crippen molar-refractivity contribution in [3.63, 3.8) is 0 Å². The van der Waals surface area contributed by atoms with Gasteiger partial charge >= 0.3 is 0 Å². The van der Waals surface area contributed by atoms with Gasteiger partial charge in [-0.05, 0) is 39.8 Å². The van der Waals surface area contributed by atoms with E-state index in [9.17, 15) is 0 Å². The summed E-state index contributed by atoms with van der Waals surface area (Å²) in [7, 11) is 2.03. The summed E-state index contributed by atoms with van der Waals surface area (Å²) >= 11 is 6.16. The molecule has 1 aromatic rings. The van der Waals surface area contributed by atoms with Gasteiger partial charge in [-0.3, -0.25) is 0 Å². The molecular formula is C13H21ClN4. The predicted molar refractivity (Wildman–Crippen MR) is 75.5 cm³/mol. The highest BCUT2D eigenvalue weighted by Gasteiger charge is 2.15. The molecule has 0 bridgehead atoms. The van der Waals surface area contributed by atoms with Crippen molar-refractivity contribution in [3.05, 3.63) is 16.5 Å². The van der Waals surface area contributed by atoms with Crippen molar-refractivity contribution in [3.8, 4) is 0 Å². The van der Waals surface area contributed by atoms with E-state index in [2.05, 4.69) is 19.8 Å². The van der Waals surface area contributed by atoms with Gasteiger partial charge in [0.1, 0.15) is 0 Å². The van der Waals surface area contributed by atoms with Gasteiger partial charge in [-0.1, -0.05) is 11.6 Å². The van der Waals surface area contributed by atoms with Gasteiger partial charge in [0.15, 0.2) is 11.0 Å². The number of rotatable bonds is 4. The molecule has 0 aliphatic carbocycles. The quantitative estimate of drug-likeness (QED) is 0.839. The highest BCUT2D eigenvalue weighted by molar-refractivity contribution is 6.31. The number of likely N-dealkylation sites (N-methyl/N-ethyl adjacent to an activating group) is 1. The monoisotopic (exact) mass is 268 g/mol. The molecule has 5 heteroatoms. The maximum absolute atomic E-state index is 6.16. The van der Waals surface area contributed by atoms with Crippen molar-refractivity contribution < 1.29 is 0 Å². The van der Waals surface area contributed by atoms with Crippen LogP contribution in [-0.4, -0.2) is 48.1 Å². The lowest BCUT2D eigenvalue weighted by atomic mass is 10.3. The molecule has 1 saturated heterocycles. The molecule has 2 rings (SSSR count). The van der Waals surface area contributed by atoms with E-state index in [1.54, 1.807) is 0 Å². The Morgan fingerprint density at radius 2 is 1.78 bits per heavy atom. The lowest BCUT2D eigenvalue weighted by molar-refractivity contribution is 0.346. The first-order chi connectivity index (χ1) is 8.58. The number of aryl methyl sites for hydroxylation is 2. The van der Waals surface area contributed by atoms with E-state index < -0.39 is 0 Å². The molecule has 0 N–H and O–H groups in total. The molecular weight excluding hydrogens is 248 g/mol. The molecule has 1 fully saturated rings. The van der Waals surface area contributed by atoms with Crippen LogP contribution in [0.4, 0.5) is 5.82 Å². The molecule has 2 heterocycles. The maximum atomic E-state index is 6.16. The molecule has 1 aliphatic heterocycles. The normalized spacial score (nSPS) is 16.2. The van der Waals surface area contributed by atoms with Crippen molar-refractivity contribution in [2.24, 2.45) is 0 Å². The van der Waals surface area contributed by atoms with Crippen LogP contribution >= 0.6 is 11.6 Å². The topological polar surface area (TPSA) is 32.3 Å². The van der Waals surface area contributed by atoms with E-state index in [1.807, 2.05) is 20.9 Å². The molecule has 1 aliphatic rings. The third-order valence-corrected chi connectivity index (χ3v) is 3.81. The molecule has 0 amide bonds. The van der Waals surface area contributed by atoms with E-state index in [4.69, 9.17) is 11.6 Å². The molecule has 100 valence electrons. The van der Waals surface area contributed by atoms with Crippen LogP contribution in [0.15, 0.2) is 0 Å². The average molecular weight is 269 g/mol. The highest BCUT2D eigenvalue weighted by Crippen LogP contribution is 2.21. The summed E-state index contributed by atoms with van der Waals surface area (Å²) in [5.41, 5.74) is 1.85. The SMILES string of the molecule is Cc1nc(Cl)c(N(C)CCN2CCCC2)nc1C. The second kappa shape index (κ2) is 5.85. The summed E-state index contributed by atoms with van der Waals surface area (Å²) in [6.07, 6.45) is 2.65. The molecule has 4 nitrogen and oxygen atoms in total. The van der Waals surface area contributed by atoms with Crippen LogP contribution in [0.1, 0.15) is 24.2 Å². The molecule has 18 heavy (non-hydrogen) atoms. The van der Waals surface area contributed by atoms with Gasteiger partial charge in [-0.15, -0.1) is 0 Å². The Hall–Kier alpha value is -0.870. The van der Waals surface area contributed by atoms with E-state index in [-0.39, 0.29) is 0 Å². The summed E-state index contributed by atoms with van der Waals surface area (Å²) < 4.78 is 0. The van der Waals surface area contributed by atoms with E-state index in [0.717, 1.165) is 30.3 Å². The Balaban J connectivity index is 1.99. The summed E-state index contributed by atoms with van der Waals surface area (Å²) in [5.74, 6) is 0.791. The number of likely N-dealkylation sites (tertiary alicyclic amines) is 1. The summed E-state index contributed by atoms with van der Waals surface area (Å²) in [4.78, 5) is 13.4. The third-order valence-electron chi connectivity index (χ3n) is 3.56.